The lowest BCUT2D eigenvalue weighted by atomic mass is 9.99. The number of alkyl halides is 2. The summed E-state index contributed by atoms with van der Waals surface area (Å²) in [5, 5.41) is 0. The number of halogens is 2. The molecule has 0 fully saturated rings. The molecule has 0 aliphatic rings. The van der Waals surface area contributed by atoms with Gasteiger partial charge in [0.15, 0.2) is 0 Å². The highest BCUT2D eigenvalue weighted by molar-refractivity contribution is 5.21. The van der Waals surface area contributed by atoms with Gasteiger partial charge < -0.3 is 5.73 Å². The molecule has 1 unspecified atom stereocenters. The van der Waals surface area contributed by atoms with E-state index in [0.29, 0.717) is 12.8 Å². The Morgan fingerprint density at radius 2 is 1.80 bits per heavy atom. The zero-order valence-corrected chi connectivity index (χ0v) is 8.92. The van der Waals surface area contributed by atoms with Crippen molar-refractivity contribution in [3.63, 3.8) is 0 Å². The number of nitrogens with two attached hydrogens (primary N) is 1. The molecule has 1 rings (SSSR count). The molecule has 0 aliphatic heterocycles. The summed E-state index contributed by atoms with van der Waals surface area (Å²) in [5.74, 6) is -0.675. The van der Waals surface area contributed by atoms with Crippen molar-refractivity contribution in [1.29, 1.82) is 0 Å². The van der Waals surface area contributed by atoms with Gasteiger partial charge in [-0.3, -0.25) is 0 Å². The molecule has 1 aromatic carbocycles. The van der Waals surface area contributed by atoms with Gasteiger partial charge in [0.05, 0.1) is 0 Å². The van der Waals surface area contributed by atoms with Gasteiger partial charge in [0.2, 0.25) is 6.43 Å². The van der Waals surface area contributed by atoms with Crippen LogP contribution in [0.1, 0.15) is 17.5 Å². The summed E-state index contributed by atoms with van der Waals surface area (Å²) >= 11 is 0. The van der Waals surface area contributed by atoms with Crippen molar-refractivity contribution in [3.05, 3.63) is 35.4 Å². The first-order valence-electron chi connectivity index (χ1n) is 5.17. The Morgan fingerprint density at radius 1 is 1.20 bits per heavy atom. The maximum atomic E-state index is 12.4. The molecular formula is C12H17F2N. The average molecular weight is 213 g/mol. The summed E-state index contributed by atoms with van der Waals surface area (Å²) in [5.41, 5.74) is 7.56. The minimum absolute atomic E-state index is 0.0591. The molecule has 1 aromatic rings. The van der Waals surface area contributed by atoms with E-state index in [9.17, 15) is 8.78 Å². The summed E-state index contributed by atoms with van der Waals surface area (Å²) < 4.78 is 24.8. The summed E-state index contributed by atoms with van der Waals surface area (Å²) in [6, 6.07) is 7.95. The molecule has 1 atom stereocenters. The average Bonchev–Trinajstić information content (AvgIpc) is 2.21. The first-order chi connectivity index (χ1) is 7.13. The van der Waals surface area contributed by atoms with Crippen molar-refractivity contribution in [2.45, 2.75) is 26.2 Å². The molecular weight excluding hydrogens is 196 g/mol. The standard InChI is InChI=1S/C12H17F2N/c1-9-2-4-10(5-3-9)6-7-11(8-15)12(13)14/h2-5,11-12H,6-8,15H2,1H3. The van der Waals surface area contributed by atoms with Crippen LogP contribution < -0.4 is 5.73 Å². The van der Waals surface area contributed by atoms with Crippen LogP contribution in [-0.2, 0) is 6.42 Å². The Labute approximate surface area is 89.3 Å². The largest absolute Gasteiger partial charge is 0.330 e. The van der Waals surface area contributed by atoms with Gasteiger partial charge in [0.1, 0.15) is 0 Å². The van der Waals surface area contributed by atoms with Crippen LogP contribution in [0.15, 0.2) is 24.3 Å². The molecule has 15 heavy (non-hydrogen) atoms. The Balaban J connectivity index is 2.45. The number of benzene rings is 1. The van der Waals surface area contributed by atoms with E-state index in [1.165, 1.54) is 5.56 Å². The lowest BCUT2D eigenvalue weighted by Gasteiger charge is -2.13. The zero-order chi connectivity index (χ0) is 11.3. The third-order valence-electron chi connectivity index (χ3n) is 2.58. The van der Waals surface area contributed by atoms with Crippen molar-refractivity contribution < 1.29 is 8.78 Å². The van der Waals surface area contributed by atoms with Crippen LogP contribution in [0.3, 0.4) is 0 Å². The molecule has 0 saturated heterocycles. The topological polar surface area (TPSA) is 26.0 Å². The monoisotopic (exact) mass is 213 g/mol. The molecule has 84 valence electrons. The smallest absolute Gasteiger partial charge is 0.242 e. The SMILES string of the molecule is Cc1ccc(CCC(CN)C(F)F)cc1. The van der Waals surface area contributed by atoms with Crippen LogP contribution in [0.25, 0.3) is 0 Å². The summed E-state index contributed by atoms with van der Waals surface area (Å²) in [6.07, 6.45) is -1.18. The highest BCUT2D eigenvalue weighted by Crippen LogP contribution is 2.16. The van der Waals surface area contributed by atoms with Crippen molar-refractivity contribution in [2.75, 3.05) is 6.54 Å². The van der Waals surface area contributed by atoms with Crippen LogP contribution in [0.5, 0.6) is 0 Å². The minimum atomic E-state index is -2.31. The maximum absolute atomic E-state index is 12.4. The first-order valence-corrected chi connectivity index (χ1v) is 5.17. The first kappa shape index (κ1) is 12.1. The molecule has 0 spiro atoms. The molecule has 1 nitrogen and oxygen atoms in total. The van der Waals surface area contributed by atoms with E-state index >= 15 is 0 Å². The fraction of sp³-hybridized carbons (Fsp3) is 0.500. The Hall–Kier alpha value is -0.960. The second-order valence-electron chi connectivity index (χ2n) is 3.85. The van der Waals surface area contributed by atoms with Crippen molar-refractivity contribution in [3.8, 4) is 0 Å². The summed E-state index contributed by atoms with van der Waals surface area (Å²) in [7, 11) is 0. The number of rotatable bonds is 5. The van der Waals surface area contributed by atoms with Crippen LogP contribution in [0, 0.1) is 12.8 Å². The lowest BCUT2D eigenvalue weighted by Crippen LogP contribution is -2.22. The summed E-state index contributed by atoms with van der Waals surface area (Å²) in [4.78, 5) is 0. The normalized spacial score (nSPS) is 13.1. The molecule has 0 amide bonds. The van der Waals surface area contributed by atoms with Gasteiger partial charge in [-0.25, -0.2) is 8.78 Å². The number of aryl methyl sites for hydroxylation is 2. The van der Waals surface area contributed by atoms with Crippen LogP contribution in [0.4, 0.5) is 8.78 Å². The Morgan fingerprint density at radius 3 is 2.27 bits per heavy atom. The molecule has 3 heteroatoms. The third kappa shape index (κ3) is 3.96. The van der Waals surface area contributed by atoms with Gasteiger partial charge >= 0.3 is 0 Å². The van der Waals surface area contributed by atoms with E-state index in [1.807, 2.05) is 31.2 Å². The Kier molecular flexibility index (Phi) is 4.69. The number of hydrogen-bond donors (Lipinski definition) is 1. The molecule has 0 saturated carbocycles. The maximum Gasteiger partial charge on any atom is 0.242 e. The van der Waals surface area contributed by atoms with Crippen LogP contribution in [0.2, 0.25) is 0 Å². The molecule has 0 aliphatic carbocycles. The minimum Gasteiger partial charge on any atom is -0.330 e. The van der Waals surface area contributed by atoms with Gasteiger partial charge in [-0.05, 0) is 25.3 Å². The highest BCUT2D eigenvalue weighted by Gasteiger charge is 2.17. The number of hydrogen-bond acceptors (Lipinski definition) is 1. The molecule has 0 aromatic heterocycles. The lowest BCUT2D eigenvalue weighted by molar-refractivity contribution is 0.0769. The van der Waals surface area contributed by atoms with E-state index in [1.54, 1.807) is 0 Å². The zero-order valence-electron chi connectivity index (χ0n) is 8.92. The molecule has 0 heterocycles. The van der Waals surface area contributed by atoms with Crippen molar-refractivity contribution in [2.24, 2.45) is 11.7 Å². The van der Waals surface area contributed by atoms with Gasteiger partial charge in [-0.15, -0.1) is 0 Å². The predicted molar refractivity (Wildman–Crippen MR) is 58.0 cm³/mol. The van der Waals surface area contributed by atoms with Gasteiger partial charge in [0.25, 0.3) is 0 Å². The van der Waals surface area contributed by atoms with Gasteiger partial charge in [-0.2, -0.15) is 0 Å². The summed E-state index contributed by atoms with van der Waals surface area (Å²) in [6.45, 7) is 2.06. The van der Waals surface area contributed by atoms with E-state index < -0.39 is 12.3 Å². The van der Waals surface area contributed by atoms with Gasteiger partial charge in [0, 0.05) is 12.5 Å². The van der Waals surface area contributed by atoms with Crippen LogP contribution >= 0.6 is 0 Å². The Bertz CT molecular complexity index is 282. The second kappa shape index (κ2) is 5.81. The van der Waals surface area contributed by atoms with E-state index in [0.717, 1.165) is 5.56 Å². The quantitative estimate of drug-likeness (QED) is 0.799. The second-order valence-corrected chi connectivity index (χ2v) is 3.85. The molecule has 2 N–H and O–H groups in total. The van der Waals surface area contributed by atoms with Crippen molar-refractivity contribution in [1.82, 2.24) is 0 Å². The molecule has 0 radical (unpaired) electrons. The van der Waals surface area contributed by atoms with Crippen molar-refractivity contribution >= 4 is 0 Å². The fourth-order valence-corrected chi connectivity index (χ4v) is 1.45. The molecule has 0 bridgehead atoms. The van der Waals surface area contributed by atoms with Gasteiger partial charge in [-0.1, -0.05) is 29.8 Å². The van der Waals surface area contributed by atoms with E-state index in [-0.39, 0.29) is 6.54 Å². The van der Waals surface area contributed by atoms with Crippen LogP contribution in [-0.4, -0.2) is 13.0 Å². The predicted octanol–water partition coefficient (Wildman–Crippen LogP) is 2.77. The fourth-order valence-electron chi connectivity index (χ4n) is 1.45. The van der Waals surface area contributed by atoms with E-state index in [4.69, 9.17) is 5.73 Å². The third-order valence-corrected chi connectivity index (χ3v) is 2.58. The highest BCUT2D eigenvalue weighted by atomic mass is 19.3. The van der Waals surface area contributed by atoms with E-state index in [2.05, 4.69) is 0 Å².